The van der Waals surface area contributed by atoms with E-state index in [1.165, 1.54) is 0 Å². The second kappa shape index (κ2) is 4.58. The third-order valence-electron chi connectivity index (χ3n) is 3.24. The van der Waals surface area contributed by atoms with Crippen LogP contribution in [0.15, 0.2) is 18.2 Å². The van der Waals surface area contributed by atoms with E-state index in [-0.39, 0.29) is 5.91 Å². The molecule has 0 spiro atoms. The molecular weight excluding hydrogens is 212 g/mol. The number of nitrogens with zero attached hydrogens (tertiary/aromatic N) is 2. The van der Waals surface area contributed by atoms with Crippen LogP contribution in [-0.4, -0.2) is 17.4 Å². The van der Waals surface area contributed by atoms with Crippen molar-refractivity contribution < 1.29 is 4.79 Å². The first-order chi connectivity index (χ1) is 8.10. The summed E-state index contributed by atoms with van der Waals surface area (Å²) in [6.45, 7) is 5.60. The molecule has 0 saturated carbocycles. The summed E-state index contributed by atoms with van der Waals surface area (Å²) in [5, 5.41) is 8.80. The van der Waals surface area contributed by atoms with Crippen molar-refractivity contribution in [2.24, 2.45) is 5.92 Å². The molecule has 1 heterocycles. The highest BCUT2D eigenvalue weighted by Crippen LogP contribution is 2.21. The van der Waals surface area contributed by atoms with Crippen molar-refractivity contribution in [3.63, 3.8) is 0 Å². The SMILES string of the molecule is Cc1cc(C#N)ccc1CN1CC(C)CC1=O. The molecular formula is C14H16N2O. The van der Waals surface area contributed by atoms with Gasteiger partial charge in [0, 0.05) is 19.5 Å². The zero-order chi connectivity index (χ0) is 12.4. The maximum Gasteiger partial charge on any atom is 0.223 e. The number of carbonyl (C=O) groups is 1. The summed E-state index contributed by atoms with van der Waals surface area (Å²) in [5.41, 5.74) is 2.88. The van der Waals surface area contributed by atoms with Crippen molar-refractivity contribution in [3.05, 3.63) is 34.9 Å². The number of benzene rings is 1. The Morgan fingerprint density at radius 2 is 2.29 bits per heavy atom. The van der Waals surface area contributed by atoms with Gasteiger partial charge in [0.15, 0.2) is 0 Å². The number of amides is 1. The van der Waals surface area contributed by atoms with Gasteiger partial charge in [-0.1, -0.05) is 13.0 Å². The van der Waals surface area contributed by atoms with Crippen LogP contribution in [0, 0.1) is 24.2 Å². The largest absolute Gasteiger partial charge is 0.338 e. The Labute approximate surface area is 102 Å². The van der Waals surface area contributed by atoms with Gasteiger partial charge in [0.2, 0.25) is 5.91 Å². The van der Waals surface area contributed by atoms with E-state index in [0.717, 1.165) is 17.7 Å². The van der Waals surface area contributed by atoms with Gasteiger partial charge >= 0.3 is 0 Å². The minimum Gasteiger partial charge on any atom is -0.338 e. The third-order valence-corrected chi connectivity index (χ3v) is 3.24. The van der Waals surface area contributed by atoms with Crippen molar-refractivity contribution in [3.8, 4) is 6.07 Å². The number of likely N-dealkylation sites (tertiary alicyclic amines) is 1. The van der Waals surface area contributed by atoms with Gasteiger partial charge in [-0.3, -0.25) is 4.79 Å². The molecule has 2 rings (SSSR count). The van der Waals surface area contributed by atoms with Crippen molar-refractivity contribution in [2.45, 2.75) is 26.8 Å². The van der Waals surface area contributed by atoms with Crippen LogP contribution in [0.4, 0.5) is 0 Å². The normalized spacial score (nSPS) is 19.5. The van der Waals surface area contributed by atoms with Crippen molar-refractivity contribution in [1.82, 2.24) is 4.90 Å². The topological polar surface area (TPSA) is 44.1 Å². The van der Waals surface area contributed by atoms with Crippen molar-refractivity contribution in [2.75, 3.05) is 6.54 Å². The first kappa shape index (κ1) is 11.7. The Bertz CT molecular complexity index is 487. The lowest BCUT2D eigenvalue weighted by Gasteiger charge is -2.17. The molecule has 0 radical (unpaired) electrons. The maximum atomic E-state index is 11.7. The van der Waals surface area contributed by atoms with Gasteiger partial charge in [-0.25, -0.2) is 0 Å². The van der Waals surface area contributed by atoms with E-state index in [1.807, 2.05) is 30.0 Å². The minimum atomic E-state index is 0.237. The van der Waals surface area contributed by atoms with Gasteiger partial charge in [0.05, 0.1) is 11.6 Å². The smallest absolute Gasteiger partial charge is 0.223 e. The Kier molecular flexibility index (Phi) is 3.14. The molecule has 1 aromatic carbocycles. The molecule has 3 heteroatoms. The molecule has 1 aliphatic heterocycles. The van der Waals surface area contributed by atoms with E-state index in [4.69, 9.17) is 5.26 Å². The average Bonchev–Trinajstić information content (AvgIpc) is 2.60. The standard InChI is InChI=1S/C14H16N2O/c1-10-5-14(17)16(8-10)9-13-4-3-12(7-15)6-11(13)2/h3-4,6,10H,5,8-9H2,1-2H3. The lowest BCUT2D eigenvalue weighted by atomic mass is 10.1. The Morgan fingerprint density at radius 1 is 1.53 bits per heavy atom. The predicted molar refractivity (Wildman–Crippen MR) is 65.1 cm³/mol. The molecule has 1 atom stereocenters. The minimum absolute atomic E-state index is 0.237. The predicted octanol–water partition coefficient (Wildman–Crippen LogP) is 2.24. The van der Waals surface area contributed by atoms with E-state index in [1.54, 1.807) is 0 Å². The molecule has 0 aromatic heterocycles. The van der Waals surface area contributed by atoms with Gasteiger partial charge in [-0.15, -0.1) is 0 Å². The second-order valence-corrected chi connectivity index (χ2v) is 4.84. The Morgan fingerprint density at radius 3 is 2.82 bits per heavy atom. The third kappa shape index (κ3) is 2.47. The number of aryl methyl sites for hydroxylation is 1. The molecule has 1 saturated heterocycles. The summed E-state index contributed by atoms with van der Waals surface area (Å²) in [6, 6.07) is 7.76. The van der Waals surface area contributed by atoms with E-state index in [2.05, 4.69) is 13.0 Å². The molecule has 0 bridgehead atoms. The van der Waals surface area contributed by atoms with Crippen molar-refractivity contribution >= 4 is 5.91 Å². The highest BCUT2D eigenvalue weighted by atomic mass is 16.2. The fourth-order valence-corrected chi connectivity index (χ4v) is 2.27. The molecule has 0 N–H and O–H groups in total. The summed E-state index contributed by atoms with van der Waals surface area (Å²) < 4.78 is 0. The Balaban J connectivity index is 2.14. The molecule has 1 unspecified atom stereocenters. The lowest BCUT2D eigenvalue weighted by Crippen LogP contribution is -2.24. The van der Waals surface area contributed by atoms with Crippen LogP contribution in [0.25, 0.3) is 0 Å². The second-order valence-electron chi connectivity index (χ2n) is 4.84. The number of hydrogen-bond acceptors (Lipinski definition) is 2. The molecule has 1 fully saturated rings. The zero-order valence-corrected chi connectivity index (χ0v) is 10.2. The monoisotopic (exact) mass is 228 g/mol. The molecule has 0 aliphatic carbocycles. The molecule has 1 aliphatic rings. The first-order valence-electron chi connectivity index (χ1n) is 5.87. The van der Waals surface area contributed by atoms with E-state index in [0.29, 0.717) is 24.4 Å². The van der Waals surface area contributed by atoms with Crippen molar-refractivity contribution in [1.29, 1.82) is 5.26 Å². The summed E-state index contributed by atoms with van der Waals surface area (Å²) in [6.07, 6.45) is 0.662. The number of carbonyl (C=O) groups excluding carboxylic acids is 1. The fourth-order valence-electron chi connectivity index (χ4n) is 2.27. The number of nitriles is 1. The molecule has 17 heavy (non-hydrogen) atoms. The number of hydrogen-bond donors (Lipinski definition) is 0. The molecule has 1 amide bonds. The lowest BCUT2D eigenvalue weighted by molar-refractivity contribution is -0.128. The van der Waals surface area contributed by atoms with Crippen LogP contribution < -0.4 is 0 Å². The quantitative estimate of drug-likeness (QED) is 0.779. The average molecular weight is 228 g/mol. The van der Waals surface area contributed by atoms with Crippen LogP contribution >= 0.6 is 0 Å². The van der Waals surface area contributed by atoms with Crippen LogP contribution in [0.5, 0.6) is 0 Å². The highest BCUT2D eigenvalue weighted by Gasteiger charge is 2.26. The highest BCUT2D eigenvalue weighted by molar-refractivity contribution is 5.78. The van der Waals surface area contributed by atoms with E-state index >= 15 is 0 Å². The number of rotatable bonds is 2. The summed E-state index contributed by atoms with van der Waals surface area (Å²) in [5.74, 6) is 0.697. The van der Waals surface area contributed by atoms with Crippen LogP contribution in [0.2, 0.25) is 0 Å². The summed E-state index contributed by atoms with van der Waals surface area (Å²) >= 11 is 0. The summed E-state index contributed by atoms with van der Waals surface area (Å²) in [4.78, 5) is 13.6. The van der Waals surface area contributed by atoms with Gasteiger partial charge in [-0.2, -0.15) is 5.26 Å². The zero-order valence-electron chi connectivity index (χ0n) is 10.2. The van der Waals surface area contributed by atoms with Gasteiger partial charge in [-0.05, 0) is 36.1 Å². The van der Waals surface area contributed by atoms with Gasteiger partial charge in [0.25, 0.3) is 0 Å². The van der Waals surface area contributed by atoms with E-state index in [9.17, 15) is 4.79 Å². The van der Waals surface area contributed by atoms with Gasteiger partial charge < -0.3 is 4.90 Å². The first-order valence-corrected chi connectivity index (χ1v) is 5.87. The van der Waals surface area contributed by atoms with Crippen LogP contribution in [-0.2, 0) is 11.3 Å². The Hall–Kier alpha value is -1.82. The molecule has 3 nitrogen and oxygen atoms in total. The summed E-state index contributed by atoms with van der Waals surface area (Å²) in [7, 11) is 0. The molecule has 1 aromatic rings. The maximum absolute atomic E-state index is 11.7. The molecule has 88 valence electrons. The van der Waals surface area contributed by atoms with Gasteiger partial charge in [0.1, 0.15) is 0 Å². The van der Waals surface area contributed by atoms with E-state index < -0.39 is 0 Å². The van der Waals surface area contributed by atoms with Crippen LogP contribution in [0.3, 0.4) is 0 Å². The fraction of sp³-hybridized carbons (Fsp3) is 0.429. The van der Waals surface area contributed by atoms with Crippen LogP contribution in [0.1, 0.15) is 30.0 Å².